The molecule has 0 radical (unpaired) electrons. The number of halogens is 3. The first kappa shape index (κ1) is 22.4. The first-order valence-corrected chi connectivity index (χ1v) is 11.3. The summed E-state index contributed by atoms with van der Waals surface area (Å²) in [5, 5.41) is 10.5. The molecule has 0 unspecified atom stereocenters. The quantitative estimate of drug-likeness (QED) is 0.595. The van der Waals surface area contributed by atoms with Crippen molar-refractivity contribution in [3.63, 3.8) is 0 Å². The summed E-state index contributed by atoms with van der Waals surface area (Å²) < 4.78 is 42.1. The zero-order chi connectivity index (χ0) is 24.0. The maximum Gasteiger partial charge on any atom is 0.144 e. The first-order valence-electron chi connectivity index (χ1n) is 11.3. The van der Waals surface area contributed by atoms with Crippen LogP contribution in [0, 0.1) is 25.5 Å². The average Bonchev–Trinajstić information content (AvgIpc) is 3.06. The molecule has 2 aliphatic rings. The van der Waals surface area contributed by atoms with Crippen molar-refractivity contribution in [2.24, 2.45) is 4.99 Å². The number of fused-ring (bicyclic) bond motifs is 3. The molecular formula is C24H26F3N7. The number of aromatic amines is 1. The van der Waals surface area contributed by atoms with Crippen molar-refractivity contribution in [1.82, 2.24) is 20.1 Å². The van der Waals surface area contributed by atoms with Gasteiger partial charge in [0.05, 0.1) is 28.3 Å². The summed E-state index contributed by atoms with van der Waals surface area (Å²) in [4.78, 5) is 13.7. The van der Waals surface area contributed by atoms with E-state index in [2.05, 4.69) is 37.2 Å². The first-order chi connectivity index (χ1) is 16.4. The molecule has 0 aliphatic carbocycles. The summed E-state index contributed by atoms with van der Waals surface area (Å²) in [6.45, 7) is 8.02. The minimum absolute atomic E-state index is 0.0611. The van der Waals surface area contributed by atoms with Crippen molar-refractivity contribution < 1.29 is 13.2 Å². The molecule has 2 N–H and O–H groups in total. The molecule has 2 aromatic heterocycles. The van der Waals surface area contributed by atoms with Gasteiger partial charge in [0.2, 0.25) is 0 Å². The van der Waals surface area contributed by atoms with Gasteiger partial charge in [0.15, 0.2) is 0 Å². The van der Waals surface area contributed by atoms with E-state index in [1.54, 1.807) is 6.92 Å². The lowest BCUT2D eigenvalue weighted by atomic mass is 10.1. The van der Waals surface area contributed by atoms with E-state index in [0.717, 1.165) is 31.0 Å². The second kappa shape index (κ2) is 8.75. The van der Waals surface area contributed by atoms with Crippen molar-refractivity contribution >= 4 is 23.0 Å². The minimum atomic E-state index is -0.709. The number of aromatic nitrogens is 3. The van der Waals surface area contributed by atoms with Crippen LogP contribution in [-0.2, 0) is 0 Å². The van der Waals surface area contributed by atoms with Crippen LogP contribution in [0.15, 0.2) is 29.3 Å². The molecule has 1 saturated heterocycles. The molecule has 34 heavy (non-hydrogen) atoms. The second-order valence-corrected chi connectivity index (χ2v) is 8.74. The van der Waals surface area contributed by atoms with E-state index in [1.807, 2.05) is 13.0 Å². The van der Waals surface area contributed by atoms with E-state index < -0.39 is 11.6 Å². The molecule has 0 bridgehead atoms. The van der Waals surface area contributed by atoms with Crippen LogP contribution >= 0.6 is 0 Å². The Labute approximate surface area is 195 Å². The van der Waals surface area contributed by atoms with E-state index >= 15 is 0 Å². The number of aliphatic imine (C=N–C) groups is 1. The van der Waals surface area contributed by atoms with E-state index in [1.165, 1.54) is 18.2 Å². The third kappa shape index (κ3) is 3.81. The van der Waals surface area contributed by atoms with Gasteiger partial charge in [-0.15, -0.1) is 0 Å². The van der Waals surface area contributed by atoms with Gasteiger partial charge < -0.3 is 10.2 Å². The van der Waals surface area contributed by atoms with Crippen LogP contribution in [0.2, 0.25) is 0 Å². The number of pyridine rings is 1. The Morgan fingerprint density at radius 3 is 2.59 bits per heavy atom. The van der Waals surface area contributed by atoms with Crippen LogP contribution in [0.1, 0.15) is 23.9 Å². The van der Waals surface area contributed by atoms with Crippen molar-refractivity contribution in [2.75, 3.05) is 43.1 Å². The number of hydrogen-bond donors (Lipinski definition) is 2. The Balaban J connectivity index is 1.60. The second-order valence-electron chi connectivity index (χ2n) is 8.74. The summed E-state index contributed by atoms with van der Waals surface area (Å²) in [7, 11) is 0. The van der Waals surface area contributed by atoms with Gasteiger partial charge in [0.1, 0.15) is 35.6 Å². The fourth-order valence-electron chi connectivity index (χ4n) is 4.71. The molecule has 5 rings (SSSR count). The Hall–Kier alpha value is -3.40. The third-order valence-corrected chi connectivity index (χ3v) is 6.44. The summed E-state index contributed by atoms with van der Waals surface area (Å²) in [5.74, 6) is -0.575. The Morgan fingerprint density at radius 2 is 1.88 bits per heavy atom. The number of hydrogen-bond acceptors (Lipinski definition) is 6. The molecule has 1 fully saturated rings. The molecule has 1 aromatic carbocycles. The van der Waals surface area contributed by atoms with Gasteiger partial charge in [0, 0.05) is 37.8 Å². The van der Waals surface area contributed by atoms with Crippen molar-refractivity contribution in [2.45, 2.75) is 26.8 Å². The monoisotopic (exact) mass is 469 g/mol. The maximum atomic E-state index is 14.6. The number of aryl methyl sites for hydroxylation is 2. The van der Waals surface area contributed by atoms with Crippen LogP contribution < -0.4 is 10.2 Å². The number of piperazine rings is 1. The zero-order valence-corrected chi connectivity index (χ0v) is 19.3. The van der Waals surface area contributed by atoms with Gasteiger partial charge in [-0.25, -0.2) is 23.1 Å². The molecule has 4 heterocycles. The van der Waals surface area contributed by atoms with E-state index in [9.17, 15) is 13.2 Å². The summed E-state index contributed by atoms with van der Waals surface area (Å²) in [5.41, 5.74) is 3.59. The van der Waals surface area contributed by atoms with E-state index in [4.69, 9.17) is 4.98 Å². The summed E-state index contributed by atoms with van der Waals surface area (Å²) in [6, 6.07) is 5.82. The molecule has 3 aromatic rings. The molecule has 178 valence electrons. The number of alkyl halides is 1. The summed E-state index contributed by atoms with van der Waals surface area (Å²) in [6.07, 6.45) is 0. The number of H-pyrrole nitrogens is 1. The Kier molecular flexibility index (Phi) is 5.76. The topological polar surface area (TPSA) is 72.4 Å². The smallest absolute Gasteiger partial charge is 0.144 e. The lowest BCUT2D eigenvalue weighted by Crippen LogP contribution is -2.52. The lowest BCUT2D eigenvalue weighted by Gasteiger charge is -2.40. The largest absolute Gasteiger partial charge is 0.351 e. The van der Waals surface area contributed by atoms with Crippen LogP contribution in [0.3, 0.4) is 0 Å². The number of nitrogens with one attached hydrogen (secondary N) is 2. The fourth-order valence-corrected chi connectivity index (χ4v) is 4.71. The molecular weight excluding hydrogens is 443 g/mol. The standard InChI is InChI=1S/C24H26F3N7/c1-13-12-33(8-7-25)9-10-34(13)19-11-16-21(14(2)28-19)29-24(20-17(26)5-4-6-18(20)27)30-22-15(3)31-32-23(16)22/h4-6,11,13H,7-10,12H2,1-3H3,(H,29,30)(H,31,32)/t13-/m1/s1. The zero-order valence-electron chi connectivity index (χ0n) is 19.3. The number of nitrogens with zero attached hydrogens (tertiary/aromatic N) is 5. The molecule has 7 nitrogen and oxygen atoms in total. The fraction of sp³-hybridized carbons (Fsp3) is 0.375. The van der Waals surface area contributed by atoms with Crippen molar-refractivity contribution in [3.8, 4) is 11.3 Å². The lowest BCUT2D eigenvalue weighted by molar-refractivity contribution is 0.210. The molecule has 0 amide bonds. The van der Waals surface area contributed by atoms with Gasteiger partial charge in [-0.05, 0) is 39.0 Å². The van der Waals surface area contributed by atoms with Gasteiger partial charge in [-0.1, -0.05) is 6.07 Å². The van der Waals surface area contributed by atoms with Crippen molar-refractivity contribution in [3.05, 3.63) is 52.9 Å². The van der Waals surface area contributed by atoms with Gasteiger partial charge in [-0.3, -0.25) is 10.00 Å². The number of amidine groups is 1. The number of benzene rings is 1. The molecule has 0 spiro atoms. The Morgan fingerprint density at radius 1 is 1.12 bits per heavy atom. The van der Waals surface area contributed by atoms with Crippen LogP contribution in [0.25, 0.3) is 11.3 Å². The van der Waals surface area contributed by atoms with E-state index in [0.29, 0.717) is 35.0 Å². The highest BCUT2D eigenvalue weighted by Gasteiger charge is 2.29. The predicted octanol–water partition coefficient (Wildman–Crippen LogP) is 4.35. The highest BCUT2D eigenvalue weighted by atomic mass is 19.1. The SMILES string of the molecule is Cc1n[nH]c2c1N=C(c1c(F)cccc1F)Nc1c-2cc(N2CCN(CCF)C[C@H]2C)nc1C. The van der Waals surface area contributed by atoms with Crippen LogP contribution in [-0.4, -0.2) is 64.8 Å². The number of anilines is 2. The minimum Gasteiger partial charge on any atom is -0.351 e. The van der Waals surface area contributed by atoms with Gasteiger partial charge in [0.25, 0.3) is 0 Å². The average molecular weight is 470 g/mol. The van der Waals surface area contributed by atoms with E-state index in [-0.39, 0.29) is 24.1 Å². The highest BCUT2D eigenvalue weighted by Crippen LogP contribution is 2.42. The van der Waals surface area contributed by atoms with Crippen LogP contribution in [0.4, 0.5) is 30.4 Å². The molecule has 10 heteroatoms. The molecule has 0 saturated carbocycles. The molecule has 1 atom stereocenters. The third-order valence-electron chi connectivity index (χ3n) is 6.44. The highest BCUT2D eigenvalue weighted by molar-refractivity contribution is 6.14. The van der Waals surface area contributed by atoms with Gasteiger partial charge >= 0.3 is 0 Å². The number of rotatable bonds is 4. The van der Waals surface area contributed by atoms with Crippen LogP contribution in [0.5, 0.6) is 0 Å². The summed E-state index contributed by atoms with van der Waals surface area (Å²) >= 11 is 0. The normalized spacial score (nSPS) is 18.1. The Bertz CT molecular complexity index is 1250. The molecule has 2 aliphatic heterocycles. The van der Waals surface area contributed by atoms with Gasteiger partial charge in [-0.2, -0.15) is 5.10 Å². The van der Waals surface area contributed by atoms with Crippen molar-refractivity contribution in [1.29, 1.82) is 0 Å². The maximum absolute atomic E-state index is 14.6. The predicted molar refractivity (Wildman–Crippen MR) is 127 cm³/mol.